The fourth-order valence-electron chi connectivity index (χ4n) is 4.03. The quantitative estimate of drug-likeness (QED) is 0.284. The lowest BCUT2D eigenvalue weighted by atomic mass is 10.1. The summed E-state index contributed by atoms with van der Waals surface area (Å²) >= 11 is 12.2. The van der Waals surface area contributed by atoms with E-state index in [2.05, 4.69) is 5.32 Å². The van der Waals surface area contributed by atoms with Crippen molar-refractivity contribution in [3.8, 4) is 0 Å². The topological polar surface area (TPSA) is 86.8 Å². The molecule has 3 aromatic rings. The minimum Gasteiger partial charge on any atom is -0.352 e. The van der Waals surface area contributed by atoms with Gasteiger partial charge in [-0.1, -0.05) is 73.4 Å². The smallest absolute Gasteiger partial charge is 0.264 e. The maximum atomic E-state index is 14.0. The molecule has 0 unspecified atom stereocenters. The van der Waals surface area contributed by atoms with E-state index in [1.165, 1.54) is 35.2 Å². The second kappa shape index (κ2) is 13.8. The van der Waals surface area contributed by atoms with Crippen LogP contribution >= 0.6 is 23.2 Å². The molecular formula is C29H33Cl2N3O4S. The number of carbonyl (C=O) groups excluding carboxylic acids is 2. The number of sulfonamides is 1. The van der Waals surface area contributed by atoms with Gasteiger partial charge in [-0.05, 0) is 67.8 Å². The maximum absolute atomic E-state index is 14.0. The highest BCUT2D eigenvalue weighted by molar-refractivity contribution is 7.92. The molecule has 2 amide bonds. The first-order chi connectivity index (χ1) is 18.6. The maximum Gasteiger partial charge on any atom is 0.264 e. The van der Waals surface area contributed by atoms with Gasteiger partial charge in [-0.2, -0.15) is 0 Å². The lowest BCUT2D eigenvalue weighted by molar-refractivity contribution is -0.140. The molecule has 0 aromatic heterocycles. The Morgan fingerprint density at radius 3 is 2.13 bits per heavy atom. The molecule has 10 heteroatoms. The molecule has 0 saturated carbocycles. The van der Waals surface area contributed by atoms with Gasteiger partial charge in [-0.3, -0.25) is 13.9 Å². The zero-order valence-corrected chi connectivity index (χ0v) is 24.5. The van der Waals surface area contributed by atoms with Gasteiger partial charge in [0.05, 0.1) is 10.6 Å². The second-order valence-corrected chi connectivity index (χ2v) is 11.9. The number of amides is 2. The van der Waals surface area contributed by atoms with Gasteiger partial charge in [0.15, 0.2) is 0 Å². The van der Waals surface area contributed by atoms with Crippen LogP contribution in [0, 0.1) is 0 Å². The lowest BCUT2D eigenvalue weighted by Gasteiger charge is -2.33. The Balaban J connectivity index is 2.04. The van der Waals surface area contributed by atoms with Crippen molar-refractivity contribution < 1.29 is 18.0 Å². The summed E-state index contributed by atoms with van der Waals surface area (Å²) in [5.41, 5.74) is 1.04. The van der Waals surface area contributed by atoms with Gasteiger partial charge in [0.25, 0.3) is 10.0 Å². The van der Waals surface area contributed by atoms with E-state index in [0.717, 1.165) is 16.3 Å². The molecule has 0 aliphatic carbocycles. The van der Waals surface area contributed by atoms with Crippen molar-refractivity contribution in [2.75, 3.05) is 10.8 Å². The van der Waals surface area contributed by atoms with Crippen LogP contribution in [0.2, 0.25) is 10.0 Å². The van der Waals surface area contributed by atoms with Crippen LogP contribution in [0.4, 0.5) is 5.69 Å². The van der Waals surface area contributed by atoms with E-state index in [0.29, 0.717) is 16.5 Å². The highest BCUT2D eigenvalue weighted by Crippen LogP contribution is 2.27. The van der Waals surface area contributed by atoms with E-state index in [-0.39, 0.29) is 29.1 Å². The minimum absolute atomic E-state index is 0.0316. The van der Waals surface area contributed by atoms with Crippen molar-refractivity contribution in [3.05, 3.63) is 94.5 Å². The van der Waals surface area contributed by atoms with E-state index >= 15 is 0 Å². The number of anilines is 1. The van der Waals surface area contributed by atoms with Crippen molar-refractivity contribution in [1.29, 1.82) is 0 Å². The average molecular weight is 591 g/mol. The molecule has 2 atom stereocenters. The molecule has 0 aliphatic heterocycles. The van der Waals surface area contributed by atoms with Crippen LogP contribution in [0.15, 0.2) is 83.8 Å². The standard InChI is InChI=1S/C29H33Cl2N3O4S/c1-4-21(3)32-29(36)27(5-2)33(19-22-10-7-6-8-11-22)28(35)20-34(25-13-9-12-24(31)18-25)39(37,38)26-16-14-23(30)15-17-26/h6-18,21,27H,4-5,19-20H2,1-3H3,(H,32,36)/t21-,27+/m1/s1. The Hall–Kier alpha value is -3.07. The van der Waals surface area contributed by atoms with Gasteiger partial charge >= 0.3 is 0 Å². The third-order valence-corrected chi connectivity index (χ3v) is 8.63. The average Bonchev–Trinajstić information content (AvgIpc) is 2.92. The van der Waals surface area contributed by atoms with E-state index in [1.807, 2.05) is 51.1 Å². The van der Waals surface area contributed by atoms with Gasteiger partial charge in [0, 0.05) is 22.6 Å². The van der Waals surface area contributed by atoms with Crippen LogP contribution in [-0.4, -0.2) is 43.8 Å². The van der Waals surface area contributed by atoms with Crippen LogP contribution in [0.25, 0.3) is 0 Å². The molecule has 0 heterocycles. The van der Waals surface area contributed by atoms with Crippen LogP contribution in [-0.2, 0) is 26.2 Å². The third kappa shape index (κ3) is 7.97. The summed E-state index contributed by atoms with van der Waals surface area (Å²) in [6.07, 6.45) is 1.08. The molecule has 0 fully saturated rings. The highest BCUT2D eigenvalue weighted by atomic mass is 35.5. The molecule has 0 bridgehead atoms. The van der Waals surface area contributed by atoms with Crippen LogP contribution in [0.3, 0.4) is 0 Å². The van der Waals surface area contributed by atoms with Gasteiger partial charge in [0.1, 0.15) is 12.6 Å². The van der Waals surface area contributed by atoms with Crippen LogP contribution < -0.4 is 9.62 Å². The van der Waals surface area contributed by atoms with Gasteiger partial charge in [-0.25, -0.2) is 8.42 Å². The monoisotopic (exact) mass is 589 g/mol. The number of hydrogen-bond acceptors (Lipinski definition) is 4. The number of rotatable bonds is 12. The molecule has 39 heavy (non-hydrogen) atoms. The van der Waals surface area contributed by atoms with Crippen molar-refractivity contribution in [3.63, 3.8) is 0 Å². The van der Waals surface area contributed by atoms with E-state index in [9.17, 15) is 18.0 Å². The van der Waals surface area contributed by atoms with Crippen molar-refractivity contribution in [2.24, 2.45) is 0 Å². The normalized spacial score (nSPS) is 12.8. The number of nitrogens with one attached hydrogen (secondary N) is 1. The molecule has 0 aliphatic rings. The Kier molecular flexibility index (Phi) is 10.8. The van der Waals surface area contributed by atoms with Gasteiger partial charge < -0.3 is 10.2 Å². The number of benzene rings is 3. The minimum atomic E-state index is -4.20. The summed E-state index contributed by atoms with van der Waals surface area (Å²) in [4.78, 5) is 28.7. The molecule has 208 valence electrons. The largest absolute Gasteiger partial charge is 0.352 e. The highest BCUT2D eigenvalue weighted by Gasteiger charge is 2.34. The molecule has 0 radical (unpaired) electrons. The third-order valence-electron chi connectivity index (χ3n) is 6.36. The van der Waals surface area contributed by atoms with Crippen LogP contribution in [0.5, 0.6) is 0 Å². The molecule has 3 rings (SSSR count). The van der Waals surface area contributed by atoms with Crippen molar-refractivity contribution >= 4 is 50.7 Å². The predicted octanol–water partition coefficient (Wildman–Crippen LogP) is 5.91. The summed E-state index contributed by atoms with van der Waals surface area (Å²) in [7, 11) is -4.20. The molecule has 0 saturated heterocycles. The molecular weight excluding hydrogens is 557 g/mol. The first-order valence-electron chi connectivity index (χ1n) is 12.7. The van der Waals surface area contributed by atoms with Crippen LogP contribution in [0.1, 0.15) is 39.2 Å². The number of halogens is 2. The van der Waals surface area contributed by atoms with E-state index in [1.54, 1.807) is 18.2 Å². The first kappa shape index (κ1) is 30.5. The molecule has 0 spiro atoms. The SMILES string of the molecule is CC[C@@H](C)NC(=O)[C@H](CC)N(Cc1ccccc1)C(=O)CN(c1cccc(Cl)c1)S(=O)(=O)c1ccc(Cl)cc1. The summed E-state index contributed by atoms with van der Waals surface area (Å²) in [5.74, 6) is -0.812. The van der Waals surface area contributed by atoms with Gasteiger partial charge in [0.2, 0.25) is 11.8 Å². The zero-order chi connectivity index (χ0) is 28.6. The summed E-state index contributed by atoms with van der Waals surface area (Å²) in [6.45, 7) is 5.28. The lowest BCUT2D eigenvalue weighted by Crippen LogP contribution is -2.53. The fourth-order valence-corrected chi connectivity index (χ4v) is 5.75. The predicted molar refractivity (Wildman–Crippen MR) is 156 cm³/mol. The van der Waals surface area contributed by atoms with E-state index < -0.39 is 28.5 Å². The van der Waals surface area contributed by atoms with Crippen molar-refractivity contribution in [2.45, 2.75) is 57.1 Å². The van der Waals surface area contributed by atoms with Crippen molar-refractivity contribution in [1.82, 2.24) is 10.2 Å². The molecule has 7 nitrogen and oxygen atoms in total. The summed E-state index contributed by atoms with van der Waals surface area (Å²) in [6, 6.07) is 20.4. The Morgan fingerprint density at radius 2 is 1.54 bits per heavy atom. The number of hydrogen-bond donors (Lipinski definition) is 1. The summed E-state index contributed by atoms with van der Waals surface area (Å²) < 4.78 is 28.7. The zero-order valence-electron chi connectivity index (χ0n) is 22.2. The molecule has 1 N–H and O–H groups in total. The molecule has 3 aromatic carbocycles. The van der Waals surface area contributed by atoms with E-state index in [4.69, 9.17) is 23.2 Å². The fraction of sp³-hybridized carbons (Fsp3) is 0.310. The van der Waals surface area contributed by atoms with Gasteiger partial charge in [-0.15, -0.1) is 0 Å². The first-order valence-corrected chi connectivity index (χ1v) is 14.9. The Morgan fingerprint density at radius 1 is 0.872 bits per heavy atom. The Labute approximate surface area is 240 Å². The summed E-state index contributed by atoms with van der Waals surface area (Å²) in [5, 5.41) is 3.66. The second-order valence-electron chi connectivity index (χ2n) is 9.19. The number of nitrogens with zero attached hydrogens (tertiary/aromatic N) is 2. The number of carbonyl (C=O) groups is 2. The Bertz CT molecular complexity index is 1370.